The summed E-state index contributed by atoms with van der Waals surface area (Å²) >= 11 is 3.97. The van der Waals surface area contributed by atoms with E-state index in [2.05, 4.69) is 15.9 Å². The Balaban J connectivity index is 1.56. The first kappa shape index (κ1) is 13.3. The van der Waals surface area contributed by atoms with Gasteiger partial charge < -0.3 is 0 Å². The summed E-state index contributed by atoms with van der Waals surface area (Å²) in [5.74, 6) is 2.84. The summed E-state index contributed by atoms with van der Waals surface area (Å²) in [6, 6.07) is 7.28. The minimum absolute atomic E-state index is 0.0401. The van der Waals surface area contributed by atoms with Gasteiger partial charge in [-0.05, 0) is 79.7 Å². The molecule has 0 heterocycles. The Kier molecular flexibility index (Phi) is 3.21. The summed E-state index contributed by atoms with van der Waals surface area (Å²) in [5, 5.41) is 0. The molecule has 0 radical (unpaired) electrons. The number of rotatable bonds is 3. The molecule has 1 aromatic rings. The smallest absolute Gasteiger partial charge is 0.126 e. The van der Waals surface area contributed by atoms with E-state index < -0.39 is 0 Å². The van der Waals surface area contributed by atoms with Crippen molar-refractivity contribution in [2.24, 2.45) is 23.2 Å². The molecular formula is C18H22BrF. The maximum Gasteiger partial charge on any atom is 0.126 e. The molecule has 4 saturated carbocycles. The Morgan fingerprint density at radius 2 is 1.60 bits per heavy atom. The Morgan fingerprint density at radius 3 is 2.15 bits per heavy atom. The average molecular weight is 337 g/mol. The van der Waals surface area contributed by atoms with E-state index in [0.717, 1.165) is 29.7 Å². The lowest BCUT2D eigenvalue weighted by Gasteiger charge is -2.58. The van der Waals surface area contributed by atoms with Crippen molar-refractivity contribution < 1.29 is 4.39 Å². The van der Waals surface area contributed by atoms with Crippen molar-refractivity contribution in [3.63, 3.8) is 0 Å². The van der Waals surface area contributed by atoms with E-state index in [1.165, 1.54) is 38.5 Å². The summed E-state index contributed by atoms with van der Waals surface area (Å²) < 4.78 is 13.9. The van der Waals surface area contributed by atoms with Gasteiger partial charge in [-0.3, -0.25) is 0 Å². The van der Waals surface area contributed by atoms with Crippen LogP contribution in [0.4, 0.5) is 4.39 Å². The second-order valence-corrected chi connectivity index (χ2v) is 8.65. The zero-order chi connectivity index (χ0) is 13.7. The summed E-state index contributed by atoms with van der Waals surface area (Å²) in [4.78, 5) is 0.445. The highest BCUT2D eigenvalue weighted by molar-refractivity contribution is 9.09. The molecule has 2 heteroatoms. The molecule has 0 N–H and O–H groups in total. The van der Waals surface area contributed by atoms with Crippen LogP contribution in [0.25, 0.3) is 0 Å². The molecule has 108 valence electrons. The largest absolute Gasteiger partial charge is 0.207 e. The molecule has 0 spiro atoms. The van der Waals surface area contributed by atoms with Crippen molar-refractivity contribution in [2.75, 3.05) is 0 Å². The minimum atomic E-state index is -0.0401. The predicted octanol–water partition coefficient (Wildman–Crippen LogP) is 5.35. The van der Waals surface area contributed by atoms with Gasteiger partial charge in [-0.2, -0.15) is 0 Å². The first-order valence-electron chi connectivity index (χ1n) is 8.02. The first-order valence-corrected chi connectivity index (χ1v) is 8.94. The molecular weight excluding hydrogens is 315 g/mol. The maximum absolute atomic E-state index is 13.9. The monoisotopic (exact) mass is 336 g/mol. The van der Waals surface area contributed by atoms with E-state index in [4.69, 9.17) is 0 Å². The van der Waals surface area contributed by atoms with Gasteiger partial charge in [0, 0.05) is 4.83 Å². The lowest BCUT2D eigenvalue weighted by Crippen LogP contribution is -2.50. The molecule has 5 rings (SSSR count). The fourth-order valence-corrected chi connectivity index (χ4v) is 6.54. The average Bonchev–Trinajstić information content (AvgIpc) is 2.40. The van der Waals surface area contributed by atoms with Crippen LogP contribution in [0.3, 0.4) is 0 Å². The zero-order valence-corrected chi connectivity index (χ0v) is 13.4. The molecule has 4 aliphatic rings. The number of hydrogen-bond donors (Lipinski definition) is 0. The Bertz CT molecular complexity index is 475. The maximum atomic E-state index is 13.9. The van der Waals surface area contributed by atoms with Gasteiger partial charge in [0.1, 0.15) is 5.82 Å². The molecule has 0 nitrogen and oxygen atoms in total. The van der Waals surface area contributed by atoms with Crippen LogP contribution in [0.1, 0.15) is 44.1 Å². The van der Waals surface area contributed by atoms with E-state index in [9.17, 15) is 4.39 Å². The lowest BCUT2D eigenvalue weighted by atomic mass is 9.48. The van der Waals surface area contributed by atoms with Gasteiger partial charge in [-0.1, -0.05) is 34.1 Å². The number of benzene rings is 1. The van der Waals surface area contributed by atoms with Crippen molar-refractivity contribution in [3.8, 4) is 0 Å². The van der Waals surface area contributed by atoms with Gasteiger partial charge in [-0.25, -0.2) is 4.39 Å². The standard InChI is InChI=1S/C18H22BrF/c19-17(8-15-3-1-2-4-16(15)20)18-9-12-5-13(10-18)7-14(6-12)11-18/h1-4,12-14,17H,5-11H2. The highest BCUT2D eigenvalue weighted by Crippen LogP contribution is 2.62. The van der Waals surface area contributed by atoms with E-state index in [1.54, 1.807) is 12.1 Å². The Hall–Kier alpha value is -0.370. The van der Waals surface area contributed by atoms with Crippen molar-refractivity contribution in [1.82, 2.24) is 0 Å². The second-order valence-electron chi connectivity index (χ2n) is 7.54. The van der Waals surface area contributed by atoms with Gasteiger partial charge in [0.05, 0.1) is 0 Å². The van der Waals surface area contributed by atoms with E-state index in [-0.39, 0.29) is 5.82 Å². The van der Waals surface area contributed by atoms with Crippen LogP contribution in [-0.4, -0.2) is 4.83 Å². The fourth-order valence-electron chi connectivity index (χ4n) is 5.63. The van der Waals surface area contributed by atoms with Crippen LogP contribution in [0.2, 0.25) is 0 Å². The summed E-state index contributed by atoms with van der Waals surface area (Å²) in [7, 11) is 0. The van der Waals surface area contributed by atoms with Crippen LogP contribution >= 0.6 is 15.9 Å². The highest BCUT2D eigenvalue weighted by atomic mass is 79.9. The van der Waals surface area contributed by atoms with Gasteiger partial charge in [0.25, 0.3) is 0 Å². The fraction of sp³-hybridized carbons (Fsp3) is 0.667. The number of hydrogen-bond acceptors (Lipinski definition) is 0. The van der Waals surface area contributed by atoms with Crippen molar-refractivity contribution in [2.45, 2.75) is 49.8 Å². The third-order valence-corrected chi connectivity index (χ3v) is 7.40. The molecule has 1 unspecified atom stereocenters. The molecule has 1 aromatic carbocycles. The molecule has 0 amide bonds. The highest BCUT2D eigenvalue weighted by Gasteiger charge is 2.53. The number of halogens is 2. The van der Waals surface area contributed by atoms with E-state index in [1.807, 2.05) is 12.1 Å². The third kappa shape index (κ3) is 2.15. The molecule has 4 bridgehead atoms. The van der Waals surface area contributed by atoms with Crippen molar-refractivity contribution in [3.05, 3.63) is 35.6 Å². The molecule has 4 fully saturated rings. The topological polar surface area (TPSA) is 0 Å². The van der Waals surface area contributed by atoms with Crippen molar-refractivity contribution >= 4 is 15.9 Å². The van der Waals surface area contributed by atoms with E-state index >= 15 is 0 Å². The SMILES string of the molecule is Fc1ccccc1CC(Br)C12CC3CC(CC(C3)C1)C2. The normalized spacial score (nSPS) is 40.0. The minimum Gasteiger partial charge on any atom is -0.207 e. The molecule has 0 aliphatic heterocycles. The summed E-state index contributed by atoms with van der Waals surface area (Å²) in [6.07, 6.45) is 9.39. The Labute approximate surface area is 129 Å². The van der Waals surface area contributed by atoms with Crippen LogP contribution in [0.15, 0.2) is 24.3 Å². The van der Waals surface area contributed by atoms with E-state index in [0.29, 0.717) is 10.2 Å². The number of alkyl halides is 1. The third-order valence-electron chi connectivity index (χ3n) is 6.11. The van der Waals surface area contributed by atoms with Gasteiger partial charge >= 0.3 is 0 Å². The molecule has 1 atom stereocenters. The lowest BCUT2D eigenvalue weighted by molar-refractivity contribution is -0.0522. The molecule has 0 saturated heterocycles. The van der Waals surface area contributed by atoms with Crippen LogP contribution in [0, 0.1) is 29.0 Å². The van der Waals surface area contributed by atoms with Gasteiger partial charge in [0.2, 0.25) is 0 Å². The summed E-state index contributed by atoms with van der Waals surface area (Å²) in [5.41, 5.74) is 1.34. The van der Waals surface area contributed by atoms with Gasteiger partial charge in [0.15, 0.2) is 0 Å². The van der Waals surface area contributed by atoms with Crippen molar-refractivity contribution in [1.29, 1.82) is 0 Å². The summed E-state index contributed by atoms with van der Waals surface area (Å²) in [6.45, 7) is 0. The quantitative estimate of drug-likeness (QED) is 0.653. The second kappa shape index (κ2) is 4.83. The first-order chi connectivity index (χ1) is 9.64. The van der Waals surface area contributed by atoms with Crippen LogP contribution in [-0.2, 0) is 6.42 Å². The molecule has 4 aliphatic carbocycles. The Morgan fingerprint density at radius 1 is 1.05 bits per heavy atom. The molecule has 20 heavy (non-hydrogen) atoms. The predicted molar refractivity (Wildman–Crippen MR) is 83.4 cm³/mol. The van der Waals surface area contributed by atoms with Crippen LogP contribution in [0.5, 0.6) is 0 Å². The zero-order valence-electron chi connectivity index (χ0n) is 11.8. The van der Waals surface area contributed by atoms with Gasteiger partial charge in [-0.15, -0.1) is 0 Å². The van der Waals surface area contributed by atoms with Crippen LogP contribution < -0.4 is 0 Å². The molecule has 0 aromatic heterocycles.